The zero-order chi connectivity index (χ0) is 20.1. The van der Waals surface area contributed by atoms with E-state index in [1.165, 1.54) is 0 Å². The summed E-state index contributed by atoms with van der Waals surface area (Å²) in [6, 6.07) is 15.6. The van der Waals surface area contributed by atoms with E-state index in [1.807, 2.05) is 55.5 Å². The summed E-state index contributed by atoms with van der Waals surface area (Å²) < 4.78 is 0. The van der Waals surface area contributed by atoms with Crippen LogP contribution in [0.3, 0.4) is 0 Å². The maximum Gasteiger partial charge on any atom is 0.127 e. The van der Waals surface area contributed by atoms with Gasteiger partial charge in [-0.25, -0.2) is 0 Å². The number of aromatic nitrogens is 3. The Morgan fingerprint density at radius 1 is 0.893 bits per heavy atom. The van der Waals surface area contributed by atoms with Crippen molar-refractivity contribution >= 4 is 22.6 Å². The second-order valence-corrected chi connectivity index (χ2v) is 8.58. The first-order valence-corrected chi connectivity index (χ1v) is 9.57. The molecule has 2 N–H and O–H groups in total. The molecule has 0 saturated carbocycles. The maximum absolute atomic E-state index is 11.1. The number of aryl methyl sites for hydroxylation is 1. The van der Waals surface area contributed by atoms with Crippen LogP contribution >= 0.6 is 11.6 Å². The van der Waals surface area contributed by atoms with Gasteiger partial charge in [0.2, 0.25) is 0 Å². The van der Waals surface area contributed by atoms with Crippen molar-refractivity contribution in [2.45, 2.75) is 33.1 Å². The van der Waals surface area contributed by atoms with Gasteiger partial charge in [-0.2, -0.15) is 15.4 Å². The van der Waals surface area contributed by atoms with Gasteiger partial charge in [-0.1, -0.05) is 56.6 Å². The number of phenolic OH excluding ortho intramolecular Hbond substituents is 1. The van der Waals surface area contributed by atoms with E-state index in [2.05, 4.69) is 36.2 Å². The predicted octanol–water partition coefficient (Wildman–Crippen LogP) is 6.26. The molecule has 0 saturated heterocycles. The number of nitrogens with zero attached hydrogens (tertiary/aromatic N) is 2. The monoisotopic (exact) mass is 391 g/mol. The lowest BCUT2D eigenvalue weighted by Crippen LogP contribution is -2.12. The molecule has 0 spiro atoms. The molecule has 4 nitrogen and oxygen atoms in total. The van der Waals surface area contributed by atoms with Gasteiger partial charge in [0.05, 0.1) is 0 Å². The van der Waals surface area contributed by atoms with E-state index < -0.39 is 0 Å². The number of hydrogen-bond donors (Lipinski definition) is 2. The van der Waals surface area contributed by atoms with Gasteiger partial charge in [-0.3, -0.25) is 0 Å². The fourth-order valence-electron chi connectivity index (χ4n) is 3.62. The van der Waals surface area contributed by atoms with Crippen LogP contribution in [0.1, 0.15) is 31.9 Å². The minimum absolute atomic E-state index is 0.177. The summed E-state index contributed by atoms with van der Waals surface area (Å²) >= 11 is 6.35. The minimum atomic E-state index is -0.177. The predicted molar refractivity (Wildman–Crippen MR) is 115 cm³/mol. The number of halogens is 1. The Labute approximate surface area is 169 Å². The minimum Gasteiger partial charge on any atom is -0.507 e. The number of aromatic hydroxyl groups is 1. The summed E-state index contributed by atoms with van der Waals surface area (Å²) in [6.45, 7) is 8.35. The summed E-state index contributed by atoms with van der Waals surface area (Å²) in [5.41, 5.74) is 6.92. The number of benzene rings is 3. The van der Waals surface area contributed by atoms with Crippen molar-refractivity contribution in [1.29, 1.82) is 0 Å². The van der Waals surface area contributed by atoms with Gasteiger partial charge in [0, 0.05) is 21.7 Å². The lowest BCUT2D eigenvalue weighted by molar-refractivity contribution is 0.448. The van der Waals surface area contributed by atoms with Crippen molar-refractivity contribution < 1.29 is 5.11 Å². The average Bonchev–Trinajstić information content (AvgIpc) is 3.11. The second kappa shape index (κ2) is 6.64. The average molecular weight is 392 g/mol. The van der Waals surface area contributed by atoms with Crippen LogP contribution in [0.25, 0.3) is 33.3 Å². The summed E-state index contributed by atoms with van der Waals surface area (Å²) in [5.74, 6) is 0.300. The Bertz CT molecular complexity index is 1190. The van der Waals surface area contributed by atoms with Crippen molar-refractivity contribution in [2.75, 3.05) is 0 Å². The molecule has 0 fully saturated rings. The van der Waals surface area contributed by atoms with Gasteiger partial charge in [-0.15, -0.1) is 0 Å². The fourth-order valence-corrected chi connectivity index (χ4v) is 3.79. The molecule has 4 aromatic rings. The number of aromatic amines is 1. The molecule has 4 rings (SSSR count). The molecular formula is C23H22ClN3O. The van der Waals surface area contributed by atoms with Crippen LogP contribution in [0.5, 0.6) is 5.75 Å². The smallest absolute Gasteiger partial charge is 0.127 e. The topological polar surface area (TPSA) is 61.8 Å². The third kappa shape index (κ3) is 3.14. The first kappa shape index (κ1) is 18.5. The van der Waals surface area contributed by atoms with E-state index in [-0.39, 0.29) is 5.41 Å². The summed E-state index contributed by atoms with van der Waals surface area (Å²) in [7, 11) is 0. The van der Waals surface area contributed by atoms with E-state index in [0.29, 0.717) is 10.8 Å². The molecule has 28 heavy (non-hydrogen) atoms. The number of hydrogen-bond acceptors (Lipinski definition) is 3. The lowest BCUT2D eigenvalue weighted by Gasteiger charge is -2.24. The highest BCUT2D eigenvalue weighted by Gasteiger charge is 2.23. The standard InChI is InChI=1S/C23H22ClN3O/c1-13-10-18(22(28)19(11-13)23(2,3)4)15-9-8-14(24)12-17(15)16-6-5-7-20-21(16)26-27-25-20/h5-12,28H,1-4H3,(H,25,26,27). The number of fused-ring (bicyclic) bond motifs is 1. The third-order valence-corrected chi connectivity index (χ3v) is 5.21. The summed E-state index contributed by atoms with van der Waals surface area (Å²) in [4.78, 5) is 0. The molecule has 3 aromatic carbocycles. The molecule has 142 valence electrons. The highest BCUT2D eigenvalue weighted by Crippen LogP contribution is 2.44. The van der Waals surface area contributed by atoms with Crippen LogP contribution in [0.2, 0.25) is 5.02 Å². The zero-order valence-corrected chi connectivity index (χ0v) is 17.1. The number of nitrogens with one attached hydrogen (secondary N) is 1. The van der Waals surface area contributed by atoms with E-state index in [1.54, 1.807) is 0 Å². The highest BCUT2D eigenvalue weighted by molar-refractivity contribution is 6.31. The van der Waals surface area contributed by atoms with E-state index >= 15 is 0 Å². The van der Waals surface area contributed by atoms with Crippen LogP contribution in [0, 0.1) is 6.92 Å². The second-order valence-electron chi connectivity index (χ2n) is 8.15. The number of rotatable bonds is 2. The molecule has 0 atom stereocenters. The van der Waals surface area contributed by atoms with Crippen LogP contribution in [0.4, 0.5) is 0 Å². The first-order chi connectivity index (χ1) is 13.3. The summed E-state index contributed by atoms with van der Waals surface area (Å²) in [6.07, 6.45) is 0. The van der Waals surface area contributed by atoms with Gasteiger partial charge in [0.15, 0.2) is 0 Å². The molecule has 1 aromatic heterocycles. The fraction of sp³-hybridized carbons (Fsp3) is 0.217. The van der Waals surface area contributed by atoms with Crippen molar-refractivity contribution in [3.63, 3.8) is 0 Å². The first-order valence-electron chi connectivity index (χ1n) is 9.19. The molecule has 1 heterocycles. The molecule has 5 heteroatoms. The van der Waals surface area contributed by atoms with Crippen molar-refractivity contribution in [3.05, 3.63) is 64.7 Å². The molecular weight excluding hydrogens is 370 g/mol. The van der Waals surface area contributed by atoms with Crippen molar-refractivity contribution in [2.24, 2.45) is 0 Å². The molecule has 0 unspecified atom stereocenters. The van der Waals surface area contributed by atoms with Gasteiger partial charge in [-0.05, 0) is 53.3 Å². The Balaban J connectivity index is 2.04. The normalized spacial score (nSPS) is 11.9. The van der Waals surface area contributed by atoms with Gasteiger partial charge < -0.3 is 5.11 Å². The molecule has 0 aliphatic heterocycles. The van der Waals surface area contributed by atoms with Gasteiger partial charge in [0.1, 0.15) is 16.8 Å². The molecule has 0 radical (unpaired) electrons. The third-order valence-electron chi connectivity index (χ3n) is 4.97. The SMILES string of the molecule is Cc1cc(-c2ccc(Cl)cc2-c2cccc3n[nH]nc23)c(O)c(C(C)(C)C)c1. The number of para-hydroxylation sites is 1. The Kier molecular flexibility index (Phi) is 4.39. The van der Waals surface area contributed by atoms with E-state index in [4.69, 9.17) is 11.6 Å². The zero-order valence-electron chi connectivity index (χ0n) is 16.3. The highest BCUT2D eigenvalue weighted by atomic mass is 35.5. The number of phenols is 1. The maximum atomic E-state index is 11.1. The van der Waals surface area contributed by atoms with E-state index in [0.717, 1.165) is 44.4 Å². The Morgan fingerprint density at radius 2 is 1.68 bits per heavy atom. The Morgan fingerprint density at radius 3 is 2.43 bits per heavy atom. The van der Waals surface area contributed by atoms with Gasteiger partial charge in [0.25, 0.3) is 0 Å². The van der Waals surface area contributed by atoms with Crippen LogP contribution in [0.15, 0.2) is 48.5 Å². The molecule has 0 bridgehead atoms. The lowest BCUT2D eigenvalue weighted by atomic mass is 9.82. The molecule has 0 amide bonds. The number of H-pyrrole nitrogens is 1. The Hall–Kier alpha value is -2.85. The largest absolute Gasteiger partial charge is 0.507 e. The quantitative estimate of drug-likeness (QED) is 0.424. The van der Waals surface area contributed by atoms with Crippen LogP contribution in [-0.4, -0.2) is 20.5 Å². The van der Waals surface area contributed by atoms with Crippen molar-refractivity contribution in [1.82, 2.24) is 15.4 Å². The van der Waals surface area contributed by atoms with Crippen LogP contribution in [-0.2, 0) is 5.41 Å². The van der Waals surface area contributed by atoms with Crippen LogP contribution < -0.4 is 0 Å². The molecule has 0 aliphatic carbocycles. The van der Waals surface area contributed by atoms with Crippen molar-refractivity contribution in [3.8, 4) is 28.0 Å². The summed E-state index contributed by atoms with van der Waals surface area (Å²) in [5, 5.41) is 23.0. The molecule has 0 aliphatic rings. The van der Waals surface area contributed by atoms with E-state index in [9.17, 15) is 5.11 Å². The van der Waals surface area contributed by atoms with Gasteiger partial charge >= 0.3 is 0 Å².